The lowest BCUT2D eigenvalue weighted by Gasteiger charge is -2.17. The van der Waals surface area contributed by atoms with Crippen LogP contribution in [0.4, 0.5) is 0 Å². The van der Waals surface area contributed by atoms with Gasteiger partial charge >= 0.3 is 0 Å². The maximum Gasteiger partial charge on any atom is 0.153 e. The summed E-state index contributed by atoms with van der Waals surface area (Å²) in [6.45, 7) is 4.02. The van der Waals surface area contributed by atoms with E-state index in [0.717, 1.165) is 56.7 Å². The lowest BCUT2D eigenvalue weighted by atomic mass is 9.87. The van der Waals surface area contributed by atoms with Gasteiger partial charge in [0.2, 0.25) is 0 Å². The van der Waals surface area contributed by atoms with Gasteiger partial charge in [-0.2, -0.15) is 0 Å². The molecular weight excluding hydrogens is 400 g/mol. The second-order valence-corrected chi connectivity index (χ2v) is 7.76. The maximum atomic E-state index is 11.7. The van der Waals surface area contributed by atoms with Crippen LogP contribution in [-0.2, 0) is 0 Å². The number of hydrogen-bond acceptors (Lipinski definition) is 4. The Balaban J connectivity index is 2.07. The molecule has 4 aromatic carbocycles. The highest BCUT2D eigenvalue weighted by atomic mass is 16.5. The Bertz CT molecular complexity index is 1250. The molecule has 0 fully saturated rings. The molecule has 0 N–H and O–H groups in total. The van der Waals surface area contributed by atoms with Crippen LogP contribution in [0.5, 0.6) is 11.5 Å². The Morgan fingerprint density at radius 3 is 1.44 bits per heavy atom. The molecule has 32 heavy (non-hydrogen) atoms. The summed E-state index contributed by atoms with van der Waals surface area (Å²) in [5.41, 5.74) is 7.00. The highest BCUT2D eigenvalue weighted by Crippen LogP contribution is 2.41. The van der Waals surface area contributed by atoms with Crippen molar-refractivity contribution in [2.45, 2.75) is 13.8 Å². The predicted octanol–water partition coefficient (Wildman–Crippen LogP) is 6.43. The van der Waals surface area contributed by atoms with Gasteiger partial charge in [-0.3, -0.25) is 9.59 Å². The van der Waals surface area contributed by atoms with Crippen molar-refractivity contribution in [1.82, 2.24) is 0 Å². The zero-order valence-electron chi connectivity index (χ0n) is 18.6. The molecule has 0 aliphatic heterocycles. The summed E-state index contributed by atoms with van der Waals surface area (Å²) in [5.74, 6) is 1.12. The minimum absolute atomic E-state index is 0.506. The minimum atomic E-state index is 0.506. The second-order valence-electron chi connectivity index (χ2n) is 7.76. The SMILES string of the molecule is COc1cc(C)c(-c2cccc3cccc(-c4cc(C=O)c(OC)cc4C)c23)cc1C=O. The summed E-state index contributed by atoms with van der Waals surface area (Å²) < 4.78 is 10.8. The van der Waals surface area contributed by atoms with Gasteiger partial charge in [0.05, 0.1) is 25.3 Å². The van der Waals surface area contributed by atoms with Crippen molar-refractivity contribution < 1.29 is 19.1 Å². The first-order chi connectivity index (χ1) is 15.5. The molecule has 0 aromatic heterocycles. The van der Waals surface area contributed by atoms with E-state index < -0.39 is 0 Å². The van der Waals surface area contributed by atoms with Crippen molar-refractivity contribution in [3.8, 4) is 33.8 Å². The third-order valence-electron chi connectivity index (χ3n) is 5.89. The summed E-state index contributed by atoms with van der Waals surface area (Å²) in [6.07, 6.45) is 1.63. The number of carbonyl (C=O) groups excluding carboxylic acids is 2. The summed E-state index contributed by atoms with van der Waals surface area (Å²) in [6, 6.07) is 19.8. The van der Waals surface area contributed by atoms with Crippen LogP contribution in [0.3, 0.4) is 0 Å². The number of methoxy groups -OCH3 is 2. The summed E-state index contributed by atoms with van der Waals surface area (Å²) >= 11 is 0. The van der Waals surface area contributed by atoms with Crippen LogP contribution in [0.1, 0.15) is 31.8 Å². The average molecular weight is 424 g/mol. The molecule has 0 aliphatic rings. The van der Waals surface area contributed by atoms with Gasteiger partial charge in [0.25, 0.3) is 0 Å². The van der Waals surface area contributed by atoms with E-state index in [4.69, 9.17) is 9.47 Å². The van der Waals surface area contributed by atoms with Gasteiger partial charge in [0, 0.05) is 0 Å². The van der Waals surface area contributed by atoms with Gasteiger partial charge in [0.1, 0.15) is 11.5 Å². The Kier molecular flexibility index (Phi) is 5.78. The van der Waals surface area contributed by atoms with Crippen molar-refractivity contribution in [2.24, 2.45) is 0 Å². The topological polar surface area (TPSA) is 52.6 Å². The van der Waals surface area contributed by atoms with Crippen molar-refractivity contribution in [1.29, 1.82) is 0 Å². The van der Waals surface area contributed by atoms with E-state index in [2.05, 4.69) is 24.3 Å². The van der Waals surface area contributed by atoms with E-state index in [-0.39, 0.29) is 0 Å². The van der Waals surface area contributed by atoms with Crippen molar-refractivity contribution in [2.75, 3.05) is 14.2 Å². The summed E-state index contributed by atoms with van der Waals surface area (Å²) in [7, 11) is 3.13. The largest absolute Gasteiger partial charge is 0.496 e. The molecule has 4 aromatic rings. The molecule has 0 heterocycles. The zero-order valence-corrected chi connectivity index (χ0v) is 18.6. The monoisotopic (exact) mass is 424 g/mol. The second kappa shape index (κ2) is 8.67. The molecule has 4 heteroatoms. The number of aryl methyl sites for hydroxylation is 2. The molecule has 0 radical (unpaired) electrons. The number of ether oxygens (including phenoxy) is 2. The molecule has 0 spiro atoms. The minimum Gasteiger partial charge on any atom is -0.496 e. The van der Waals surface area contributed by atoms with E-state index in [9.17, 15) is 9.59 Å². The average Bonchev–Trinajstić information content (AvgIpc) is 2.82. The lowest BCUT2D eigenvalue weighted by Crippen LogP contribution is -1.97. The number of rotatable bonds is 6. The molecule has 0 atom stereocenters. The van der Waals surface area contributed by atoms with Crippen LogP contribution >= 0.6 is 0 Å². The van der Waals surface area contributed by atoms with E-state index in [1.165, 1.54) is 0 Å². The highest BCUT2D eigenvalue weighted by molar-refractivity contribution is 6.08. The van der Waals surface area contributed by atoms with E-state index >= 15 is 0 Å². The van der Waals surface area contributed by atoms with Gasteiger partial charge < -0.3 is 9.47 Å². The van der Waals surface area contributed by atoms with E-state index in [1.807, 2.05) is 50.2 Å². The Morgan fingerprint density at radius 2 is 1.06 bits per heavy atom. The van der Waals surface area contributed by atoms with Gasteiger partial charge in [-0.25, -0.2) is 0 Å². The van der Waals surface area contributed by atoms with Crippen LogP contribution < -0.4 is 9.47 Å². The molecule has 0 amide bonds. The Morgan fingerprint density at radius 1 is 0.625 bits per heavy atom. The smallest absolute Gasteiger partial charge is 0.153 e. The maximum absolute atomic E-state index is 11.7. The fourth-order valence-electron chi connectivity index (χ4n) is 4.30. The predicted molar refractivity (Wildman–Crippen MR) is 128 cm³/mol. The first-order valence-corrected chi connectivity index (χ1v) is 10.3. The van der Waals surface area contributed by atoms with Crippen molar-refractivity contribution >= 4 is 23.3 Å². The highest BCUT2D eigenvalue weighted by Gasteiger charge is 2.17. The van der Waals surface area contributed by atoms with Gasteiger partial charge in [-0.05, 0) is 82.3 Å². The van der Waals surface area contributed by atoms with Crippen LogP contribution in [0.15, 0.2) is 60.7 Å². The van der Waals surface area contributed by atoms with E-state index in [1.54, 1.807) is 14.2 Å². The molecule has 0 saturated carbocycles. The van der Waals surface area contributed by atoms with Crippen molar-refractivity contribution in [3.63, 3.8) is 0 Å². The van der Waals surface area contributed by atoms with E-state index in [0.29, 0.717) is 22.6 Å². The summed E-state index contributed by atoms with van der Waals surface area (Å²) in [5, 5.41) is 2.14. The Hall–Kier alpha value is -3.92. The van der Waals surface area contributed by atoms with Gasteiger partial charge in [-0.1, -0.05) is 36.4 Å². The number of benzene rings is 4. The fourth-order valence-corrected chi connectivity index (χ4v) is 4.30. The van der Waals surface area contributed by atoms with Crippen LogP contribution in [0.25, 0.3) is 33.0 Å². The molecular formula is C28H24O4. The quantitative estimate of drug-likeness (QED) is 0.335. The van der Waals surface area contributed by atoms with Crippen molar-refractivity contribution in [3.05, 3.63) is 82.9 Å². The number of carbonyl (C=O) groups is 2. The Labute approximate surface area is 187 Å². The lowest BCUT2D eigenvalue weighted by molar-refractivity contribution is 0.111. The third-order valence-corrected chi connectivity index (χ3v) is 5.89. The molecule has 0 unspecified atom stereocenters. The first-order valence-electron chi connectivity index (χ1n) is 10.3. The standard InChI is InChI=1S/C28H24O4/c1-17-11-26(31-3)20(15-29)13-24(17)22-9-5-7-19-8-6-10-23(28(19)22)25-14-21(16-30)27(32-4)12-18(25)2/h5-16H,1-4H3. The molecule has 4 nitrogen and oxygen atoms in total. The number of aldehydes is 2. The first kappa shape index (κ1) is 21.3. The van der Waals surface area contributed by atoms with Crippen LogP contribution in [0, 0.1) is 13.8 Å². The summed E-state index contributed by atoms with van der Waals surface area (Å²) in [4.78, 5) is 23.4. The van der Waals surface area contributed by atoms with Crippen LogP contribution in [-0.4, -0.2) is 26.8 Å². The molecule has 4 rings (SSSR count). The molecule has 160 valence electrons. The van der Waals surface area contributed by atoms with Gasteiger partial charge in [-0.15, -0.1) is 0 Å². The number of fused-ring (bicyclic) bond motifs is 1. The molecule has 0 bridgehead atoms. The molecule has 0 aliphatic carbocycles. The molecule has 0 saturated heterocycles. The third kappa shape index (κ3) is 3.54. The van der Waals surface area contributed by atoms with Gasteiger partial charge in [0.15, 0.2) is 12.6 Å². The fraction of sp³-hybridized carbons (Fsp3) is 0.143. The van der Waals surface area contributed by atoms with Crippen LogP contribution in [0.2, 0.25) is 0 Å². The normalized spacial score (nSPS) is 10.8. The zero-order chi connectivity index (χ0) is 22.8. The number of hydrogen-bond donors (Lipinski definition) is 0.